The summed E-state index contributed by atoms with van der Waals surface area (Å²) < 4.78 is 7.75. The van der Waals surface area contributed by atoms with Gasteiger partial charge in [-0.2, -0.15) is 0 Å². The lowest BCUT2D eigenvalue weighted by Crippen LogP contribution is -2.21. The number of aliphatic carboxylic acids is 1. The van der Waals surface area contributed by atoms with Gasteiger partial charge in [0.1, 0.15) is 5.75 Å². The minimum Gasteiger partial charge on any atom is -0.493 e. The highest BCUT2D eigenvalue weighted by Gasteiger charge is 2.23. The van der Waals surface area contributed by atoms with E-state index in [1.54, 1.807) is 31.4 Å². The van der Waals surface area contributed by atoms with Crippen molar-refractivity contribution in [3.63, 3.8) is 0 Å². The van der Waals surface area contributed by atoms with E-state index in [4.69, 9.17) is 14.8 Å². The zero-order valence-corrected chi connectivity index (χ0v) is 26.4. The molecule has 7 rings (SSSR count). The van der Waals surface area contributed by atoms with Gasteiger partial charge >= 0.3 is 5.97 Å². The molecule has 1 aliphatic heterocycles. The number of aromatic nitrogens is 2. The molecule has 1 fully saturated rings. The lowest BCUT2D eigenvalue weighted by Gasteiger charge is -2.26. The third-order valence-electron chi connectivity index (χ3n) is 8.69. The highest BCUT2D eigenvalue weighted by Crippen LogP contribution is 2.42. The third kappa shape index (κ3) is 6.36. The second kappa shape index (κ2) is 12.1. The number of hydrogen-bond donors (Lipinski definition) is 2. The first-order valence-corrected chi connectivity index (χ1v) is 15.7. The molecule has 7 heteroatoms. The second-order valence-corrected chi connectivity index (χ2v) is 13.3. The number of rotatable bonds is 6. The first-order valence-electron chi connectivity index (χ1n) is 15.7. The van der Waals surface area contributed by atoms with Crippen molar-refractivity contribution in [2.45, 2.75) is 77.9 Å². The molecule has 0 spiro atoms. The van der Waals surface area contributed by atoms with Crippen LogP contribution in [0.1, 0.15) is 73.8 Å². The van der Waals surface area contributed by atoms with Crippen LogP contribution in [0.3, 0.4) is 0 Å². The van der Waals surface area contributed by atoms with Gasteiger partial charge in [-0.25, -0.2) is 0 Å². The largest absolute Gasteiger partial charge is 0.493 e. The van der Waals surface area contributed by atoms with Crippen molar-refractivity contribution in [1.82, 2.24) is 9.55 Å². The Bertz CT molecular complexity index is 1950. The Labute approximate surface area is 263 Å². The molecule has 1 saturated carbocycles. The van der Waals surface area contributed by atoms with E-state index in [2.05, 4.69) is 24.3 Å². The molecule has 2 aromatic heterocycles. The van der Waals surface area contributed by atoms with Gasteiger partial charge in [-0.1, -0.05) is 30.7 Å². The number of ether oxygens (including phenoxy) is 1. The van der Waals surface area contributed by atoms with E-state index in [0.29, 0.717) is 19.1 Å². The molecule has 0 bridgehead atoms. The summed E-state index contributed by atoms with van der Waals surface area (Å²) in [6.45, 7) is 8.22. The predicted molar refractivity (Wildman–Crippen MR) is 178 cm³/mol. The smallest absolute Gasteiger partial charge is 0.307 e. The topological polar surface area (TPSA) is 102 Å². The first kappa shape index (κ1) is 30.5. The molecule has 1 aliphatic carbocycles. The standard InChI is InChI=1S/C34H30N2O4.C4H10O/c1-20-17-28-25(10-12-30(37)36(28)19-21-5-7-23(8-6-21)22-3-2-4-22)33(27(20)18-31(38)39)26-9-11-29-32-24(14-16-40-29)13-15-35-34(26)32;1-4(2,3)5/h5-13,15,17,22H,2-4,14,16,18-19H2,1H3,(H,38,39);5H,1-3H3. The van der Waals surface area contributed by atoms with Crippen LogP contribution in [0.5, 0.6) is 5.75 Å². The summed E-state index contributed by atoms with van der Waals surface area (Å²) in [6.07, 6.45) is 6.28. The molecule has 0 atom stereocenters. The first-order chi connectivity index (χ1) is 21.5. The zero-order valence-electron chi connectivity index (χ0n) is 26.4. The number of benzene rings is 3. The van der Waals surface area contributed by atoms with E-state index in [1.807, 2.05) is 43.5 Å². The highest BCUT2D eigenvalue weighted by atomic mass is 16.5. The minimum atomic E-state index is -0.900. The molecular formula is C38H40N2O5. The number of carbonyl (C=O) groups is 1. The molecule has 5 aromatic rings. The molecule has 0 saturated heterocycles. The van der Waals surface area contributed by atoms with Crippen LogP contribution in [-0.4, -0.2) is 37.9 Å². The summed E-state index contributed by atoms with van der Waals surface area (Å²) >= 11 is 0. The predicted octanol–water partition coefficient (Wildman–Crippen LogP) is 7.18. The molecule has 3 aromatic carbocycles. The third-order valence-corrected chi connectivity index (χ3v) is 8.69. The Morgan fingerprint density at radius 3 is 2.44 bits per heavy atom. The number of carboxylic acids is 1. The van der Waals surface area contributed by atoms with Crippen LogP contribution < -0.4 is 10.3 Å². The van der Waals surface area contributed by atoms with E-state index >= 15 is 0 Å². The number of aliphatic hydroxyl groups is 1. The van der Waals surface area contributed by atoms with E-state index in [-0.39, 0.29) is 12.0 Å². The maximum atomic E-state index is 13.3. The second-order valence-electron chi connectivity index (χ2n) is 13.3. The molecular weight excluding hydrogens is 564 g/mol. The van der Waals surface area contributed by atoms with Gasteiger partial charge in [-0.05, 0) is 110 Å². The SMILES string of the molecule is CC(C)(C)O.Cc1cc2c(ccc(=O)n2Cc2ccc(C3CCC3)cc2)c(-c2ccc3c4c(ccnc24)CCO3)c1CC(=O)O. The summed E-state index contributed by atoms with van der Waals surface area (Å²) in [5.41, 5.74) is 7.83. The maximum Gasteiger partial charge on any atom is 0.307 e. The van der Waals surface area contributed by atoms with Gasteiger partial charge in [-0.15, -0.1) is 0 Å². The number of hydrogen-bond acceptors (Lipinski definition) is 5. The Kier molecular flexibility index (Phi) is 8.23. The van der Waals surface area contributed by atoms with Gasteiger partial charge in [-0.3, -0.25) is 14.6 Å². The van der Waals surface area contributed by atoms with Crippen molar-refractivity contribution in [3.8, 4) is 16.9 Å². The fraction of sp³-hybridized carbons (Fsp3) is 0.342. The number of pyridine rings is 2. The number of fused-ring (bicyclic) bond motifs is 1. The van der Waals surface area contributed by atoms with E-state index in [1.165, 1.54) is 30.4 Å². The lowest BCUT2D eigenvalue weighted by molar-refractivity contribution is -0.136. The number of carboxylic acid groups (broad SMARTS) is 1. The van der Waals surface area contributed by atoms with Crippen molar-refractivity contribution < 1.29 is 19.7 Å². The van der Waals surface area contributed by atoms with E-state index in [9.17, 15) is 14.7 Å². The van der Waals surface area contributed by atoms with Crippen LogP contribution in [0.2, 0.25) is 0 Å². The summed E-state index contributed by atoms with van der Waals surface area (Å²) in [6, 6.07) is 20.0. The van der Waals surface area contributed by atoms with Crippen molar-refractivity contribution in [2.75, 3.05) is 6.61 Å². The van der Waals surface area contributed by atoms with Gasteiger partial charge in [0.2, 0.25) is 0 Å². The Morgan fingerprint density at radius 2 is 1.78 bits per heavy atom. The fourth-order valence-corrected chi connectivity index (χ4v) is 6.39. The van der Waals surface area contributed by atoms with Crippen LogP contribution in [0.25, 0.3) is 32.9 Å². The molecule has 232 valence electrons. The van der Waals surface area contributed by atoms with Gasteiger partial charge in [0, 0.05) is 35.0 Å². The van der Waals surface area contributed by atoms with Crippen molar-refractivity contribution >= 4 is 27.8 Å². The van der Waals surface area contributed by atoms with Crippen LogP contribution in [0, 0.1) is 6.92 Å². The lowest BCUT2D eigenvalue weighted by atomic mass is 9.80. The normalized spacial score (nSPS) is 14.4. The quantitative estimate of drug-likeness (QED) is 0.213. The molecule has 7 nitrogen and oxygen atoms in total. The van der Waals surface area contributed by atoms with E-state index < -0.39 is 11.6 Å². The Morgan fingerprint density at radius 1 is 1.04 bits per heavy atom. The molecule has 2 N–H and O–H groups in total. The molecule has 2 aliphatic rings. The zero-order chi connectivity index (χ0) is 31.9. The molecule has 0 amide bonds. The molecule has 45 heavy (non-hydrogen) atoms. The Balaban J connectivity index is 0.000000664. The van der Waals surface area contributed by atoms with Gasteiger partial charge in [0.25, 0.3) is 5.56 Å². The number of aryl methyl sites for hydroxylation is 1. The highest BCUT2D eigenvalue weighted by molar-refractivity contribution is 6.08. The monoisotopic (exact) mass is 604 g/mol. The van der Waals surface area contributed by atoms with Gasteiger partial charge < -0.3 is 19.5 Å². The molecule has 3 heterocycles. The van der Waals surface area contributed by atoms with Gasteiger partial charge in [0.15, 0.2) is 0 Å². The summed E-state index contributed by atoms with van der Waals surface area (Å²) in [5, 5.41) is 20.2. The van der Waals surface area contributed by atoms with Crippen LogP contribution in [-0.2, 0) is 24.2 Å². The maximum absolute atomic E-state index is 13.3. The van der Waals surface area contributed by atoms with Crippen molar-refractivity contribution in [2.24, 2.45) is 0 Å². The van der Waals surface area contributed by atoms with Crippen LogP contribution in [0.15, 0.2) is 71.7 Å². The van der Waals surface area contributed by atoms with Crippen molar-refractivity contribution in [3.05, 3.63) is 105 Å². The molecule has 0 unspecified atom stereocenters. The summed E-state index contributed by atoms with van der Waals surface area (Å²) in [4.78, 5) is 30.1. The summed E-state index contributed by atoms with van der Waals surface area (Å²) in [5.74, 6) is 0.558. The van der Waals surface area contributed by atoms with Gasteiger partial charge in [0.05, 0.1) is 36.2 Å². The fourth-order valence-electron chi connectivity index (χ4n) is 6.39. The minimum absolute atomic E-state index is 0.0877. The average molecular weight is 605 g/mol. The Hall–Kier alpha value is -4.49. The molecule has 0 radical (unpaired) electrons. The van der Waals surface area contributed by atoms with Crippen LogP contribution >= 0.6 is 0 Å². The summed E-state index contributed by atoms with van der Waals surface area (Å²) in [7, 11) is 0. The van der Waals surface area contributed by atoms with Crippen LogP contribution in [0.4, 0.5) is 0 Å². The number of nitrogens with zero attached hydrogens (tertiary/aromatic N) is 2. The average Bonchev–Trinajstić information content (AvgIpc) is 2.95. The van der Waals surface area contributed by atoms with E-state index in [0.717, 1.165) is 61.8 Å². The van der Waals surface area contributed by atoms with Crippen molar-refractivity contribution in [1.29, 1.82) is 0 Å².